The number of benzene rings is 3. The molecule has 2 aliphatic rings. The average Bonchev–Trinajstić information content (AvgIpc) is 2.74. The van der Waals surface area contributed by atoms with Crippen LogP contribution in [0.3, 0.4) is 0 Å². The molecule has 3 aromatic carbocycles. The summed E-state index contributed by atoms with van der Waals surface area (Å²) in [5, 5.41) is 14.7. The third-order valence-corrected chi connectivity index (χ3v) is 6.09. The maximum absolute atomic E-state index is 10.4. The average molecular weight is 446 g/mol. The van der Waals surface area contributed by atoms with Crippen LogP contribution in [0.5, 0.6) is 17.2 Å². The predicted octanol–water partition coefficient (Wildman–Crippen LogP) is 7.22. The smallest absolute Gasteiger partial charge is 0.172 e. The summed E-state index contributed by atoms with van der Waals surface area (Å²) in [5.41, 5.74) is 6.77. The zero-order valence-electron chi connectivity index (χ0n) is 18.4. The van der Waals surface area contributed by atoms with Gasteiger partial charge in [0.25, 0.3) is 0 Å². The molecule has 0 radical (unpaired) electrons. The molecule has 5 rings (SSSR count). The number of anilines is 1. The van der Waals surface area contributed by atoms with E-state index in [0.717, 1.165) is 44.8 Å². The van der Waals surface area contributed by atoms with Gasteiger partial charge in [0.05, 0.1) is 18.2 Å². The van der Waals surface area contributed by atoms with Crippen molar-refractivity contribution in [2.75, 3.05) is 12.4 Å². The minimum Gasteiger partial charge on any atom is -0.504 e. The highest BCUT2D eigenvalue weighted by atomic mass is 35.5. The first kappa shape index (κ1) is 20.5. The van der Waals surface area contributed by atoms with E-state index in [0.29, 0.717) is 16.5 Å². The van der Waals surface area contributed by atoms with Gasteiger partial charge in [-0.15, -0.1) is 0 Å². The largest absolute Gasteiger partial charge is 0.504 e. The van der Waals surface area contributed by atoms with Crippen molar-refractivity contribution < 1.29 is 14.6 Å². The lowest BCUT2D eigenvalue weighted by Gasteiger charge is -2.35. The monoisotopic (exact) mass is 445 g/mol. The van der Waals surface area contributed by atoms with E-state index in [1.165, 1.54) is 0 Å². The molecule has 0 saturated carbocycles. The Hall–Kier alpha value is -3.37. The Morgan fingerprint density at radius 3 is 2.47 bits per heavy atom. The maximum atomic E-state index is 10.4. The van der Waals surface area contributed by atoms with E-state index < -0.39 is 0 Å². The standard InChI is InChI=1S/C27H24ClNO3/c1-15-14-27(2,3)29-19-10-9-18-24(23(15)19)22(13-16-5-7-17(28)8-6-16)32-21-12-11-20(30)26(31-4)25(18)21/h5-14,29-30H,1-4H3. The van der Waals surface area contributed by atoms with Crippen molar-refractivity contribution in [1.29, 1.82) is 0 Å². The Balaban J connectivity index is 1.83. The van der Waals surface area contributed by atoms with Crippen molar-refractivity contribution in [3.63, 3.8) is 0 Å². The molecule has 3 aromatic rings. The van der Waals surface area contributed by atoms with E-state index in [-0.39, 0.29) is 11.3 Å². The van der Waals surface area contributed by atoms with Gasteiger partial charge in [-0.1, -0.05) is 35.9 Å². The summed E-state index contributed by atoms with van der Waals surface area (Å²) in [4.78, 5) is 0. The highest BCUT2D eigenvalue weighted by Gasteiger charge is 2.33. The summed E-state index contributed by atoms with van der Waals surface area (Å²) in [6.45, 7) is 6.42. The second-order valence-corrected chi connectivity index (χ2v) is 9.17. The van der Waals surface area contributed by atoms with Crippen LogP contribution in [0.1, 0.15) is 37.5 Å². The van der Waals surface area contributed by atoms with Crippen molar-refractivity contribution >= 4 is 34.7 Å². The van der Waals surface area contributed by atoms with Crippen LogP contribution in [-0.2, 0) is 0 Å². The molecule has 0 unspecified atom stereocenters. The molecule has 0 fully saturated rings. The number of halogens is 1. The van der Waals surface area contributed by atoms with Gasteiger partial charge in [0.15, 0.2) is 11.5 Å². The highest BCUT2D eigenvalue weighted by Crippen LogP contribution is 2.54. The fourth-order valence-electron chi connectivity index (χ4n) is 4.66. The van der Waals surface area contributed by atoms with Gasteiger partial charge in [-0.25, -0.2) is 0 Å². The van der Waals surface area contributed by atoms with Gasteiger partial charge in [-0.05, 0) is 68.3 Å². The fraction of sp³-hybridized carbons (Fsp3) is 0.185. The number of rotatable bonds is 2. The molecule has 2 aliphatic heterocycles. The molecule has 0 bridgehead atoms. The van der Waals surface area contributed by atoms with Gasteiger partial charge in [0.1, 0.15) is 11.5 Å². The van der Waals surface area contributed by atoms with Crippen LogP contribution in [0.15, 0.2) is 54.6 Å². The number of hydrogen-bond acceptors (Lipinski definition) is 4. The number of methoxy groups -OCH3 is 1. The van der Waals surface area contributed by atoms with Gasteiger partial charge in [0, 0.05) is 27.4 Å². The molecule has 2 N–H and O–H groups in total. The number of allylic oxidation sites excluding steroid dienone is 1. The minimum atomic E-state index is -0.158. The molecular formula is C27H24ClNO3. The normalized spacial score (nSPS) is 16.8. The molecule has 2 heterocycles. The first-order valence-electron chi connectivity index (χ1n) is 10.5. The molecular weight excluding hydrogens is 422 g/mol. The van der Waals surface area contributed by atoms with Gasteiger partial charge in [-0.3, -0.25) is 0 Å². The number of phenols is 1. The van der Waals surface area contributed by atoms with Crippen molar-refractivity contribution in [2.45, 2.75) is 26.3 Å². The molecule has 0 aliphatic carbocycles. The lowest BCUT2D eigenvalue weighted by molar-refractivity contribution is 0.371. The second kappa shape index (κ2) is 7.35. The van der Waals surface area contributed by atoms with Crippen LogP contribution in [0.25, 0.3) is 28.5 Å². The molecule has 162 valence electrons. The number of phenolic OH excluding ortho intramolecular Hbond substituents is 1. The lowest BCUT2D eigenvalue weighted by atomic mass is 9.83. The summed E-state index contributed by atoms with van der Waals surface area (Å²) in [7, 11) is 1.56. The second-order valence-electron chi connectivity index (χ2n) is 8.74. The third-order valence-electron chi connectivity index (χ3n) is 5.84. The van der Waals surface area contributed by atoms with Gasteiger partial charge in [-0.2, -0.15) is 0 Å². The Bertz CT molecular complexity index is 1300. The SMILES string of the molecule is COc1c(O)ccc2c1-c1ccc3c(c1C(=Cc1ccc(Cl)cc1)O2)C(C)=CC(C)(C)N3. The van der Waals surface area contributed by atoms with Crippen LogP contribution < -0.4 is 14.8 Å². The Kier molecular flexibility index (Phi) is 4.72. The highest BCUT2D eigenvalue weighted by molar-refractivity contribution is 6.30. The Labute approximate surface area is 192 Å². The van der Waals surface area contributed by atoms with E-state index in [1.807, 2.05) is 30.3 Å². The van der Waals surface area contributed by atoms with Gasteiger partial charge in [0.2, 0.25) is 0 Å². The molecule has 0 atom stereocenters. The zero-order valence-corrected chi connectivity index (χ0v) is 19.2. The summed E-state index contributed by atoms with van der Waals surface area (Å²) in [5.74, 6) is 1.85. The molecule has 0 saturated heterocycles. The predicted molar refractivity (Wildman–Crippen MR) is 131 cm³/mol. The van der Waals surface area contributed by atoms with E-state index in [9.17, 15) is 5.11 Å². The maximum Gasteiger partial charge on any atom is 0.172 e. The third kappa shape index (κ3) is 3.32. The molecule has 5 heteroatoms. The van der Waals surface area contributed by atoms with Crippen molar-refractivity contribution in [2.24, 2.45) is 0 Å². The quantitative estimate of drug-likeness (QED) is 0.437. The minimum absolute atomic E-state index is 0.0789. The topological polar surface area (TPSA) is 50.7 Å². The van der Waals surface area contributed by atoms with Crippen LogP contribution in [0.2, 0.25) is 5.02 Å². The summed E-state index contributed by atoms with van der Waals surface area (Å²) < 4.78 is 12.0. The molecule has 0 spiro atoms. The molecule has 32 heavy (non-hydrogen) atoms. The number of aromatic hydroxyl groups is 1. The molecule has 0 amide bonds. The van der Waals surface area contributed by atoms with Crippen LogP contribution in [0, 0.1) is 0 Å². The number of ether oxygens (including phenoxy) is 2. The van der Waals surface area contributed by atoms with E-state index >= 15 is 0 Å². The summed E-state index contributed by atoms with van der Waals surface area (Å²) in [6.07, 6.45) is 4.25. The zero-order chi connectivity index (χ0) is 22.6. The first-order chi connectivity index (χ1) is 15.3. The van der Waals surface area contributed by atoms with Crippen molar-refractivity contribution in [1.82, 2.24) is 0 Å². The number of nitrogens with one attached hydrogen (secondary N) is 1. The van der Waals surface area contributed by atoms with Crippen molar-refractivity contribution in [3.8, 4) is 28.4 Å². The van der Waals surface area contributed by atoms with Crippen molar-refractivity contribution in [3.05, 3.63) is 76.3 Å². The fourth-order valence-corrected chi connectivity index (χ4v) is 4.79. The van der Waals surface area contributed by atoms with Crippen LogP contribution in [0.4, 0.5) is 5.69 Å². The molecule has 0 aromatic heterocycles. The summed E-state index contributed by atoms with van der Waals surface area (Å²) >= 11 is 6.09. The van der Waals surface area contributed by atoms with Gasteiger partial charge >= 0.3 is 0 Å². The summed E-state index contributed by atoms with van der Waals surface area (Å²) in [6, 6.07) is 15.2. The Morgan fingerprint density at radius 1 is 1.00 bits per heavy atom. The number of hydrogen-bond donors (Lipinski definition) is 2. The van der Waals surface area contributed by atoms with Crippen LogP contribution >= 0.6 is 11.6 Å². The van der Waals surface area contributed by atoms with E-state index in [4.69, 9.17) is 21.1 Å². The Morgan fingerprint density at radius 2 is 1.75 bits per heavy atom. The van der Waals surface area contributed by atoms with E-state index in [1.54, 1.807) is 19.2 Å². The van der Waals surface area contributed by atoms with Crippen LogP contribution in [-0.4, -0.2) is 17.8 Å². The van der Waals surface area contributed by atoms with Gasteiger partial charge < -0.3 is 19.9 Å². The molecule has 4 nitrogen and oxygen atoms in total. The lowest BCUT2D eigenvalue weighted by Crippen LogP contribution is -2.32. The van der Waals surface area contributed by atoms with E-state index in [2.05, 4.69) is 44.3 Å². The number of fused-ring (bicyclic) bond motifs is 5. The first-order valence-corrected chi connectivity index (χ1v) is 10.9.